The predicted octanol–water partition coefficient (Wildman–Crippen LogP) is 3.56. The summed E-state index contributed by atoms with van der Waals surface area (Å²) in [6, 6.07) is 16.7. The molecule has 0 saturated carbocycles. The van der Waals surface area contributed by atoms with E-state index in [2.05, 4.69) is 0 Å². The molecule has 0 fully saturated rings. The van der Waals surface area contributed by atoms with Crippen LogP contribution in [0.3, 0.4) is 0 Å². The molecule has 0 heterocycles. The fraction of sp³-hybridized carbons (Fsp3) is 0.318. The Hall–Kier alpha value is -3.33. The van der Waals surface area contributed by atoms with E-state index in [0.717, 1.165) is 11.1 Å². The molecule has 0 aliphatic heterocycles. The van der Waals surface area contributed by atoms with Crippen molar-refractivity contribution in [1.29, 1.82) is 5.26 Å². The number of hydrogen-bond donors (Lipinski definition) is 0. The molecule has 146 valence electrons. The van der Waals surface area contributed by atoms with E-state index in [1.54, 1.807) is 24.3 Å². The Morgan fingerprint density at radius 3 is 2.32 bits per heavy atom. The fourth-order valence-electron chi connectivity index (χ4n) is 2.80. The number of aryl methyl sites for hydroxylation is 2. The molecule has 6 nitrogen and oxygen atoms in total. The summed E-state index contributed by atoms with van der Waals surface area (Å²) in [6.07, 6.45) is -0.815. The lowest BCUT2D eigenvalue weighted by atomic mass is 10.1. The van der Waals surface area contributed by atoms with Crippen LogP contribution in [-0.2, 0) is 14.3 Å². The predicted molar refractivity (Wildman–Crippen MR) is 106 cm³/mol. The Bertz CT molecular complexity index is 838. The Morgan fingerprint density at radius 2 is 1.71 bits per heavy atom. The van der Waals surface area contributed by atoms with Gasteiger partial charge in [-0.25, -0.2) is 4.79 Å². The normalized spacial score (nSPS) is 11.2. The molecular formula is C22H24N2O4. The number of anilines is 1. The highest BCUT2D eigenvalue weighted by atomic mass is 16.6. The molecule has 0 aliphatic carbocycles. The summed E-state index contributed by atoms with van der Waals surface area (Å²) in [7, 11) is 0. The zero-order valence-corrected chi connectivity index (χ0v) is 16.3. The Morgan fingerprint density at radius 1 is 1.07 bits per heavy atom. The monoisotopic (exact) mass is 380 g/mol. The zero-order chi connectivity index (χ0) is 20.5. The Kier molecular flexibility index (Phi) is 7.58. The molecule has 0 spiro atoms. The van der Waals surface area contributed by atoms with Gasteiger partial charge < -0.3 is 14.4 Å². The van der Waals surface area contributed by atoms with Crippen molar-refractivity contribution in [2.45, 2.75) is 33.3 Å². The minimum atomic E-state index is -0.993. The molecule has 0 aliphatic rings. The van der Waals surface area contributed by atoms with E-state index in [1.165, 1.54) is 11.8 Å². The van der Waals surface area contributed by atoms with Gasteiger partial charge in [0.05, 0.1) is 12.5 Å². The second-order valence-electron chi connectivity index (χ2n) is 6.38. The van der Waals surface area contributed by atoms with Crippen LogP contribution in [0.2, 0.25) is 0 Å². The van der Waals surface area contributed by atoms with Gasteiger partial charge in [-0.1, -0.05) is 36.4 Å². The van der Waals surface area contributed by atoms with E-state index in [1.807, 2.05) is 44.2 Å². The quantitative estimate of drug-likeness (QED) is 0.654. The number of nitriles is 1. The molecule has 1 amide bonds. The number of nitrogens with zero attached hydrogens (tertiary/aromatic N) is 2. The minimum absolute atomic E-state index is 0.178. The largest absolute Gasteiger partial charge is 0.481 e. The first kappa shape index (κ1) is 21.0. The van der Waals surface area contributed by atoms with Crippen LogP contribution < -0.4 is 9.64 Å². The highest BCUT2D eigenvalue weighted by Gasteiger charge is 2.25. The third-order valence-electron chi connectivity index (χ3n) is 4.18. The molecule has 1 unspecified atom stereocenters. The number of ether oxygens (including phenoxy) is 2. The van der Waals surface area contributed by atoms with Gasteiger partial charge in [0.2, 0.25) is 0 Å². The topological polar surface area (TPSA) is 79.6 Å². The summed E-state index contributed by atoms with van der Waals surface area (Å²) in [5, 5.41) is 8.86. The van der Waals surface area contributed by atoms with Gasteiger partial charge in [-0.3, -0.25) is 4.79 Å². The van der Waals surface area contributed by atoms with E-state index in [9.17, 15) is 9.59 Å². The number of para-hydroxylation sites is 2. The highest BCUT2D eigenvalue weighted by Crippen LogP contribution is 2.22. The first-order chi connectivity index (χ1) is 13.4. The maximum absolute atomic E-state index is 12.8. The third kappa shape index (κ3) is 5.58. The van der Waals surface area contributed by atoms with Crippen molar-refractivity contribution in [3.63, 3.8) is 0 Å². The molecule has 6 heteroatoms. The maximum atomic E-state index is 12.8. The van der Waals surface area contributed by atoms with Crippen LogP contribution in [0.15, 0.2) is 48.5 Å². The van der Waals surface area contributed by atoms with Crippen LogP contribution in [0, 0.1) is 25.2 Å². The number of hydrogen-bond acceptors (Lipinski definition) is 5. The molecule has 2 rings (SSSR count). The number of carbonyl (C=O) groups is 2. The highest BCUT2D eigenvalue weighted by molar-refractivity contribution is 5.97. The van der Waals surface area contributed by atoms with Crippen molar-refractivity contribution < 1.29 is 19.1 Å². The fourth-order valence-corrected chi connectivity index (χ4v) is 2.80. The van der Waals surface area contributed by atoms with Gasteiger partial charge in [-0.05, 0) is 44.0 Å². The van der Waals surface area contributed by atoms with Gasteiger partial charge in [-0.15, -0.1) is 0 Å². The van der Waals surface area contributed by atoms with Crippen LogP contribution in [0.4, 0.5) is 5.69 Å². The molecule has 0 aromatic heterocycles. The number of esters is 1. The maximum Gasteiger partial charge on any atom is 0.344 e. The lowest BCUT2D eigenvalue weighted by Gasteiger charge is -2.25. The van der Waals surface area contributed by atoms with Gasteiger partial charge in [-0.2, -0.15) is 5.26 Å². The summed E-state index contributed by atoms with van der Waals surface area (Å²) in [4.78, 5) is 26.4. The number of rotatable bonds is 8. The lowest BCUT2D eigenvalue weighted by molar-refractivity contribution is -0.155. The minimum Gasteiger partial charge on any atom is -0.481 e. The Balaban J connectivity index is 1.99. The SMILES string of the molecule is Cc1cccc(C)c1OCC(=O)OC(C)C(=O)N(CCC#N)c1ccccc1. The van der Waals surface area contributed by atoms with Crippen LogP contribution >= 0.6 is 0 Å². The molecule has 0 radical (unpaired) electrons. The molecule has 0 N–H and O–H groups in total. The average Bonchev–Trinajstić information content (AvgIpc) is 2.68. The molecule has 0 bridgehead atoms. The first-order valence-corrected chi connectivity index (χ1v) is 9.06. The van der Waals surface area contributed by atoms with Gasteiger partial charge in [0.25, 0.3) is 5.91 Å². The van der Waals surface area contributed by atoms with Gasteiger partial charge in [0.1, 0.15) is 5.75 Å². The molecule has 2 aromatic carbocycles. The average molecular weight is 380 g/mol. The van der Waals surface area contributed by atoms with Crippen molar-refractivity contribution >= 4 is 17.6 Å². The Labute approximate surface area is 165 Å². The second-order valence-corrected chi connectivity index (χ2v) is 6.38. The smallest absolute Gasteiger partial charge is 0.344 e. The van der Waals surface area contributed by atoms with Crippen LogP contribution in [0.5, 0.6) is 5.75 Å². The van der Waals surface area contributed by atoms with E-state index < -0.39 is 12.1 Å². The van der Waals surface area contributed by atoms with Crippen molar-refractivity contribution in [2.24, 2.45) is 0 Å². The van der Waals surface area contributed by atoms with Crippen molar-refractivity contribution in [1.82, 2.24) is 0 Å². The molecular weight excluding hydrogens is 356 g/mol. The van der Waals surface area contributed by atoms with Crippen molar-refractivity contribution in [3.05, 3.63) is 59.7 Å². The number of amides is 1. The number of carbonyl (C=O) groups excluding carboxylic acids is 2. The van der Waals surface area contributed by atoms with Crippen LogP contribution in [0.25, 0.3) is 0 Å². The third-order valence-corrected chi connectivity index (χ3v) is 4.18. The molecule has 0 saturated heterocycles. The van der Waals surface area contributed by atoms with Crippen molar-refractivity contribution in [3.8, 4) is 11.8 Å². The summed E-state index contributed by atoms with van der Waals surface area (Å²) in [6.45, 7) is 5.24. The van der Waals surface area contributed by atoms with Gasteiger partial charge >= 0.3 is 5.97 Å². The second kappa shape index (κ2) is 10.1. The lowest BCUT2D eigenvalue weighted by Crippen LogP contribution is -2.41. The van der Waals surface area contributed by atoms with Crippen LogP contribution in [-0.4, -0.2) is 31.1 Å². The zero-order valence-electron chi connectivity index (χ0n) is 16.3. The van der Waals surface area contributed by atoms with E-state index in [0.29, 0.717) is 11.4 Å². The van der Waals surface area contributed by atoms with Crippen LogP contribution in [0.1, 0.15) is 24.5 Å². The summed E-state index contributed by atoms with van der Waals surface area (Å²) in [5.74, 6) is -0.378. The van der Waals surface area contributed by atoms with E-state index >= 15 is 0 Å². The standard InChI is InChI=1S/C22H24N2O4/c1-16-9-7-10-17(2)21(16)27-15-20(25)28-18(3)22(26)24(14-8-13-23)19-11-5-4-6-12-19/h4-7,9-12,18H,8,14-15H2,1-3H3. The van der Waals surface area contributed by atoms with Gasteiger partial charge in [0.15, 0.2) is 12.7 Å². The summed E-state index contributed by atoms with van der Waals surface area (Å²) in [5.41, 5.74) is 2.49. The molecule has 28 heavy (non-hydrogen) atoms. The summed E-state index contributed by atoms with van der Waals surface area (Å²) >= 11 is 0. The summed E-state index contributed by atoms with van der Waals surface area (Å²) < 4.78 is 10.8. The van der Waals surface area contributed by atoms with E-state index in [-0.39, 0.29) is 25.5 Å². The molecule has 2 aromatic rings. The molecule has 1 atom stereocenters. The van der Waals surface area contributed by atoms with E-state index in [4.69, 9.17) is 14.7 Å². The van der Waals surface area contributed by atoms with Crippen molar-refractivity contribution in [2.75, 3.05) is 18.1 Å². The number of benzene rings is 2. The first-order valence-electron chi connectivity index (χ1n) is 9.06. The van der Waals surface area contributed by atoms with Gasteiger partial charge in [0, 0.05) is 12.2 Å².